The highest BCUT2D eigenvalue weighted by molar-refractivity contribution is 7.98. The highest BCUT2D eigenvalue weighted by Gasteiger charge is 2.10. The molecule has 0 bridgehead atoms. The molecular formula is C20H20N6S. The Morgan fingerprint density at radius 2 is 1.70 bits per heavy atom. The van der Waals surface area contributed by atoms with Crippen molar-refractivity contribution in [3.63, 3.8) is 0 Å². The molecule has 0 N–H and O–H groups in total. The third-order valence-corrected chi connectivity index (χ3v) is 5.24. The van der Waals surface area contributed by atoms with Crippen LogP contribution >= 0.6 is 11.8 Å². The summed E-state index contributed by atoms with van der Waals surface area (Å²) in [5.41, 5.74) is 6.59. The molecule has 0 aliphatic heterocycles. The smallest absolute Gasteiger partial charge is 0.214 e. The molecule has 0 aliphatic rings. The van der Waals surface area contributed by atoms with Gasteiger partial charge in [0.2, 0.25) is 5.16 Å². The molecule has 0 atom stereocenters. The monoisotopic (exact) mass is 376 g/mol. The van der Waals surface area contributed by atoms with E-state index in [1.54, 1.807) is 16.4 Å². The maximum absolute atomic E-state index is 4.53. The van der Waals surface area contributed by atoms with Crippen molar-refractivity contribution >= 4 is 11.8 Å². The number of hydrogen-bond acceptors (Lipinski definition) is 5. The summed E-state index contributed by atoms with van der Waals surface area (Å²) in [5, 5.41) is 17.4. The van der Waals surface area contributed by atoms with E-state index in [9.17, 15) is 0 Å². The van der Waals surface area contributed by atoms with E-state index in [0.717, 1.165) is 33.7 Å². The fourth-order valence-corrected chi connectivity index (χ4v) is 3.81. The van der Waals surface area contributed by atoms with Crippen LogP contribution in [-0.4, -0.2) is 30.0 Å². The zero-order chi connectivity index (χ0) is 18.8. The summed E-state index contributed by atoms with van der Waals surface area (Å²) in [6.07, 6.45) is 0. The lowest BCUT2D eigenvalue weighted by atomic mass is 10.2. The molecule has 2 heterocycles. The number of tetrazole rings is 1. The lowest BCUT2D eigenvalue weighted by molar-refractivity contribution is 0.755. The van der Waals surface area contributed by atoms with Crippen LogP contribution in [0.25, 0.3) is 11.4 Å². The van der Waals surface area contributed by atoms with Crippen molar-refractivity contribution in [3.8, 4) is 11.4 Å². The molecule has 27 heavy (non-hydrogen) atoms. The van der Waals surface area contributed by atoms with Crippen molar-refractivity contribution in [3.05, 3.63) is 77.1 Å². The van der Waals surface area contributed by atoms with Gasteiger partial charge in [-0.2, -0.15) is 9.78 Å². The van der Waals surface area contributed by atoms with E-state index in [-0.39, 0.29) is 0 Å². The minimum absolute atomic E-state index is 0.781. The van der Waals surface area contributed by atoms with Crippen LogP contribution in [-0.2, 0) is 5.75 Å². The first-order valence-corrected chi connectivity index (χ1v) is 9.69. The van der Waals surface area contributed by atoms with Gasteiger partial charge in [0.15, 0.2) is 0 Å². The van der Waals surface area contributed by atoms with Gasteiger partial charge in [-0.25, -0.2) is 4.68 Å². The highest BCUT2D eigenvalue weighted by Crippen LogP contribution is 2.23. The predicted octanol–water partition coefficient (Wildman–Crippen LogP) is 4.07. The van der Waals surface area contributed by atoms with Crippen LogP contribution in [0.2, 0.25) is 0 Å². The van der Waals surface area contributed by atoms with Crippen LogP contribution in [0, 0.1) is 20.8 Å². The van der Waals surface area contributed by atoms with Gasteiger partial charge in [0.05, 0.1) is 17.1 Å². The first kappa shape index (κ1) is 17.5. The van der Waals surface area contributed by atoms with Crippen LogP contribution < -0.4 is 0 Å². The van der Waals surface area contributed by atoms with Gasteiger partial charge in [-0.05, 0) is 72.7 Å². The molecule has 4 rings (SSSR count). The fraction of sp³-hybridized carbons (Fsp3) is 0.200. The quantitative estimate of drug-likeness (QED) is 0.492. The van der Waals surface area contributed by atoms with Crippen LogP contribution in [0.1, 0.15) is 22.5 Å². The predicted molar refractivity (Wildman–Crippen MR) is 106 cm³/mol. The summed E-state index contributed by atoms with van der Waals surface area (Å²) in [6, 6.07) is 18.7. The maximum atomic E-state index is 4.53. The fourth-order valence-electron chi connectivity index (χ4n) is 2.96. The topological polar surface area (TPSA) is 61.4 Å². The molecule has 136 valence electrons. The second-order valence-corrected chi connectivity index (χ2v) is 7.45. The van der Waals surface area contributed by atoms with E-state index in [4.69, 9.17) is 0 Å². The minimum atomic E-state index is 0.781. The van der Waals surface area contributed by atoms with E-state index >= 15 is 0 Å². The largest absolute Gasteiger partial charge is 0.238 e. The van der Waals surface area contributed by atoms with E-state index in [1.165, 1.54) is 11.1 Å². The molecule has 0 fully saturated rings. The number of aromatic nitrogens is 6. The van der Waals surface area contributed by atoms with Crippen molar-refractivity contribution < 1.29 is 0 Å². The summed E-state index contributed by atoms with van der Waals surface area (Å²) < 4.78 is 3.74. The Morgan fingerprint density at radius 3 is 2.41 bits per heavy atom. The third kappa shape index (κ3) is 3.78. The number of nitrogens with zero attached hydrogens (tertiary/aromatic N) is 6. The van der Waals surface area contributed by atoms with Crippen molar-refractivity contribution in [2.75, 3.05) is 0 Å². The molecule has 0 spiro atoms. The molecule has 7 heteroatoms. The Bertz CT molecular complexity index is 1060. The Kier molecular flexibility index (Phi) is 4.77. The van der Waals surface area contributed by atoms with E-state index in [1.807, 2.05) is 23.7 Å². The number of hydrogen-bond donors (Lipinski definition) is 0. The maximum Gasteiger partial charge on any atom is 0.214 e. The van der Waals surface area contributed by atoms with Crippen LogP contribution in [0.15, 0.2) is 59.8 Å². The molecule has 2 aromatic carbocycles. The van der Waals surface area contributed by atoms with Gasteiger partial charge in [-0.3, -0.25) is 0 Å². The van der Waals surface area contributed by atoms with Crippen LogP contribution in [0.5, 0.6) is 0 Å². The van der Waals surface area contributed by atoms with Crippen LogP contribution in [0.4, 0.5) is 0 Å². The average Bonchev–Trinajstić information content (AvgIpc) is 3.26. The molecular weight excluding hydrogens is 356 g/mol. The van der Waals surface area contributed by atoms with Gasteiger partial charge in [-0.1, -0.05) is 36.0 Å². The summed E-state index contributed by atoms with van der Waals surface area (Å²) in [4.78, 5) is 0. The number of benzene rings is 2. The molecule has 0 saturated heterocycles. The molecule has 0 aliphatic carbocycles. The summed E-state index contributed by atoms with van der Waals surface area (Å²) >= 11 is 1.62. The first-order chi connectivity index (χ1) is 13.1. The number of rotatable bonds is 5. The van der Waals surface area contributed by atoms with Crippen molar-refractivity contribution in [1.29, 1.82) is 0 Å². The van der Waals surface area contributed by atoms with Crippen molar-refractivity contribution in [1.82, 2.24) is 30.0 Å². The molecule has 0 unspecified atom stereocenters. The molecule has 0 amide bonds. The molecule has 0 saturated carbocycles. The van der Waals surface area contributed by atoms with Gasteiger partial charge in [0, 0.05) is 11.4 Å². The van der Waals surface area contributed by atoms with Crippen molar-refractivity contribution in [2.45, 2.75) is 31.7 Å². The third-order valence-electron chi connectivity index (χ3n) is 4.25. The second kappa shape index (κ2) is 7.36. The SMILES string of the molecule is Cc1cccc(-n2nnnc2SCc2ccc(-n3nc(C)cc3C)cc2)c1. The Morgan fingerprint density at radius 1 is 0.889 bits per heavy atom. The normalized spacial score (nSPS) is 11.1. The molecule has 0 radical (unpaired) electrons. The summed E-state index contributed by atoms with van der Waals surface area (Å²) in [7, 11) is 0. The van der Waals surface area contributed by atoms with Gasteiger partial charge < -0.3 is 0 Å². The number of thioether (sulfide) groups is 1. The summed E-state index contributed by atoms with van der Waals surface area (Å²) in [5.74, 6) is 0.795. The van der Waals surface area contributed by atoms with Gasteiger partial charge in [-0.15, -0.1) is 5.10 Å². The van der Waals surface area contributed by atoms with Gasteiger partial charge >= 0.3 is 0 Å². The molecule has 4 aromatic rings. The average molecular weight is 376 g/mol. The van der Waals surface area contributed by atoms with Gasteiger partial charge in [0.1, 0.15) is 0 Å². The van der Waals surface area contributed by atoms with E-state index < -0.39 is 0 Å². The van der Waals surface area contributed by atoms with E-state index in [0.29, 0.717) is 0 Å². The Labute approximate surface area is 162 Å². The number of aryl methyl sites for hydroxylation is 3. The minimum Gasteiger partial charge on any atom is -0.238 e. The zero-order valence-electron chi connectivity index (χ0n) is 15.5. The highest BCUT2D eigenvalue weighted by atomic mass is 32.2. The van der Waals surface area contributed by atoms with E-state index in [2.05, 4.69) is 76.9 Å². The molecule has 2 aromatic heterocycles. The lowest BCUT2D eigenvalue weighted by Gasteiger charge is -2.07. The lowest BCUT2D eigenvalue weighted by Crippen LogP contribution is -2.00. The van der Waals surface area contributed by atoms with Crippen molar-refractivity contribution in [2.24, 2.45) is 0 Å². The van der Waals surface area contributed by atoms with Crippen LogP contribution in [0.3, 0.4) is 0 Å². The standard InChI is InChI=1S/C20H20N6S/c1-14-5-4-6-19(11-14)26-20(21-23-24-26)27-13-17-7-9-18(10-8-17)25-16(3)12-15(2)22-25/h4-12H,13H2,1-3H3. The Hall–Kier alpha value is -2.93. The Balaban J connectivity index is 1.49. The molecule has 6 nitrogen and oxygen atoms in total. The zero-order valence-corrected chi connectivity index (χ0v) is 16.3. The van der Waals surface area contributed by atoms with Gasteiger partial charge in [0.25, 0.3) is 0 Å². The first-order valence-electron chi connectivity index (χ1n) is 8.71. The second-order valence-electron chi connectivity index (χ2n) is 6.51. The summed E-state index contributed by atoms with van der Waals surface area (Å²) in [6.45, 7) is 6.13.